The van der Waals surface area contributed by atoms with E-state index >= 15 is 0 Å². The van der Waals surface area contributed by atoms with E-state index in [0.717, 1.165) is 12.2 Å². The smallest absolute Gasteiger partial charge is 0.252 e. The summed E-state index contributed by atoms with van der Waals surface area (Å²) in [6.45, 7) is 4.70. The van der Waals surface area contributed by atoms with Gasteiger partial charge in [-0.2, -0.15) is 5.10 Å². The zero-order valence-electron chi connectivity index (χ0n) is 13.3. The number of nitrogens with zero attached hydrogens (tertiary/aromatic N) is 2. The van der Waals surface area contributed by atoms with Gasteiger partial charge in [0.05, 0.1) is 26.0 Å². The van der Waals surface area contributed by atoms with Gasteiger partial charge < -0.3 is 14.8 Å². The maximum absolute atomic E-state index is 12.4. The minimum absolute atomic E-state index is 0.146. The summed E-state index contributed by atoms with van der Waals surface area (Å²) in [5.41, 5.74) is 1.45. The molecule has 1 amide bonds. The summed E-state index contributed by atoms with van der Waals surface area (Å²) in [4.78, 5) is 12.4. The fraction of sp³-hybridized carbons (Fsp3) is 0.375. The molecular weight excluding hydrogens is 282 g/mol. The van der Waals surface area contributed by atoms with Crippen LogP contribution in [0.25, 0.3) is 0 Å². The number of carbonyl (C=O) groups excluding carboxylic acids is 1. The summed E-state index contributed by atoms with van der Waals surface area (Å²) in [5.74, 6) is 0.972. The Morgan fingerprint density at radius 3 is 2.45 bits per heavy atom. The first kappa shape index (κ1) is 15.9. The monoisotopic (exact) mass is 303 g/mol. The predicted octanol–water partition coefficient (Wildman–Crippen LogP) is 2.41. The summed E-state index contributed by atoms with van der Waals surface area (Å²) in [6, 6.07) is 6.85. The Balaban J connectivity index is 2.18. The predicted molar refractivity (Wildman–Crippen MR) is 83.3 cm³/mol. The van der Waals surface area contributed by atoms with Gasteiger partial charge in [-0.3, -0.25) is 9.48 Å². The van der Waals surface area contributed by atoms with Crippen LogP contribution >= 0.6 is 0 Å². The van der Waals surface area contributed by atoms with Crippen LogP contribution in [0.3, 0.4) is 0 Å². The Kier molecular flexibility index (Phi) is 5.04. The molecule has 1 aromatic carbocycles. The molecule has 22 heavy (non-hydrogen) atoms. The summed E-state index contributed by atoms with van der Waals surface area (Å²) >= 11 is 0. The zero-order chi connectivity index (χ0) is 16.1. The van der Waals surface area contributed by atoms with E-state index in [1.54, 1.807) is 38.6 Å². The molecule has 1 N–H and O–H groups in total. The van der Waals surface area contributed by atoms with Crippen LogP contribution in [0.5, 0.6) is 11.5 Å². The first-order valence-corrected chi connectivity index (χ1v) is 7.14. The molecule has 0 radical (unpaired) electrons. The van der Waals surface area contributed by atoms with Gasteiger partial charge in [-0.15, -0.1) is 0 Å². The van der Waals surface area contributed by atoms with Crippen molar-refractivity contribution >= 4 is 5.91 Å². The Bertz CT molecular complexity index is 630. The summed E-state index contributed by atoms with van der Waals surface area (Å²) in [5, 5.41) is 7.18. The van der Waals surface area contributed by atoms with Gasteiger partial charge in [-0.05, 0) is 32.0 Å². The highest BCUT2D eigenvalue weighted by molar-refractivity contribution is 5.95. The molecule has 6 nitrogen and oxygen atoms in total. The van der Waals surface area contributed by atoms with Crippen LogP contribution in [0.2, 0.25) is 0 Å². The van der Waals surface area contributed by atoms with Gasteiger partial charge in [-0.1, -0.05) is 0 Å². The van der Waals surface area contributed by atoms with Crippen LogP contribution in [0.4, 0.5) is 0 Å². The lowest BCUT2D eigenvalue weighted by atomic mass is 10.1. The first-order chi connectivity index (χ1) is 10.6. The van der Waals surface area contributed by atoms with Gasteiger partial charge in [-0.25, -0.2) is 0 Å². The summed E-state index contributed by atoms with van der Waals surface area (Å²) < 4.78 is 12.2. The van der Waals surface area contributed by atoms with E-state index in [-0.39, 0.29) is 11.9 Å². The molecule has 0 fully saturated rings. The van der Waals surface area contributed by atoms with E-state index in [4.69, 9.17) is 9.47 Å². The van der Waals surface area contributed by atoms with Crippen molar-refractivity contribution in [3.05, 3.63) is 41.7 Å². The molecular formula is C16H21N3O3. The molecule has 0 bridgehead atoms. The number of rotatable bonds is 6. The Labute approximate surface area is 130 Å². The molecule has 0 aliphatic heterocycles. The number of methoxy groups -OCH3 is 2. The zero-order valence-corrected chi connectivity index (χ0v) is 13.3. The summed E-state index contributed by atoms with van der Waals surface area (Å²) in [6.07, 6.45) is 1.73. The second kappa shape index (κ2) is 6.98. The Morgan fingerprint density at radius 1 is 1.27 bits per heavy atom. The minimum atomic E-state index is -0.187. The molecule has 0 aliphatic carbocycles. The normalized spacial score (nSPS) is 11.8. The number of nitrogens with one attached hydrogen (secondary N) is 1. The van der Waals surface area contributed by atoms with E-state index in [1.165, 1.54) is 0 Å². The van der Waals surface area contributed by atoms with Gasteiger partial charge in [0, 0.05) is 24.4 Å². The van der Waals surface area contributed by atoms with Crippen LogP contribution in [-0.2, 0) is 6.54 Å². The number of aryl methyl sites for hydroxylation is 1. The number of aromatic nitrogens is 2. The largest absolute Gasteiger partial charge is 0.497 e. The second-order valence-electron chi connectivity index (χ2n) is 4.87. The minimum Gasteiger partial charge on any atom is -0.497 e. The molecule has 0 saturated carbocycles. The molecule has 2 aromatic rings. The Hall–Kier alpha value is -2.50. The van der Waals surface area contributed by atoms with Crippen molar-refractivity contribution in [2.24, 2.45) is 0 Å². The van der Waals surface area contributed by atoms with Crippen LogP contribution in [0, 0.1) is 0 Å². The van der Waals surface area contributed by atoms with Crippen molar-refractivity contribution in [3.63, 3.8) is 0 Å². The van der Waals surface area contributed by atoms with Crippen molar-refractivity contribution in [1.82, 2.24) is 15.1 Å². The molecule has 118 valence electrons. The molecule has 2 rings (SSSR count). The van der Waals surface area contributed by atoms with Crippen LogP contribution in [-0.4, -0.2) is 29.9 Å². The molecule has 6 heteroatoms. The van der Waals surface area contributed by atoms with Crippen molar-refractivity contribution in [1.29, 1.82) is 0 Å². The Morgan fingerprint density at radius 2 is 1.91 bits per heavy atom. The lowest BCUT2D eigenvalue weighted by molar-refractivity contribution is 0.0937. The highest BCUT2D eigenvalue weighted by Gasteiger charge is 2.16. The first-order valence-electron chi connectivity index (χ1n) is 7.14. The third-order valence-electron chi connectivity index (χ3n) is 3.45. The second-order valence-corrected chi connectivity index (χ2v) is 4.87. The van der Waals surface area contributed by atoms with Gasteiger partial charge in [0.2, 0.25) is 0 Å². The molecule has 0 saturated heterocycles. The highest BCUT2D eigenvalue weighted by Crippen LogP contribution is 2.23. The highest BCUT2D eigenvalue weighted by atomic mass is 16.5. The maximum atomic E-state index is 12.4. The van der Waals surface area contributed by atoms with Crippen LogP contribution < -0.4 is 14.8 Å². The van der Waals surface area contributed by atoms with E-state index in [0.29, 0.717) is 17.1 Å². The fourth-order valence-corrected chi connectivity index (χ4v) is 2.27. The van der Waals surface area contributed by atoms with Crippen LogP contribution in [0.15, 0.2) is 30.5 Å². The van der Waals surface area contributed by atoms with E-state index in [9.17, 15) is 4.79 Å². The van der Waals surface area contributed by atoms with Crippen LogP contribution in [0.1, 0.15) is 35.9 Å². The maximum Gasteiger partial charge on any atom is 0.252 e. The topological polar surface area (TPSA) is 65.4 Å². The molecule has 1 aromatic heterocycles. The standard InChI is InChI=1S/C16H21N3O3/c1-5-19-15(6-7-17-19)11(2)18-16(20)12-8-13(21-3)10-14(9-12)22-4/h6-11H,5H2,1-4H3,(H,18,20). The van der Waals surface area contributed by atoms with Crippen molar-refractivity contribution in [3.8, 4) is 11.5 Å². The van der Waals surface area contributed by atoms with E-state index < -0.39 is 0 Å². The SMILES string of the molecule is CCn1nccc1C(C)NC(=O)c1cc(OC)cc(OC)c1. The van der Waals surface area contributed by atoms with Crippen molar-refractivity contribution in [2.75, 3.05) is 14.2 Å². The third kappa shape index (κ3) is 3.39. The van der Waals surface area contributed by atoms with Crippen molar-refractivity contribution < 1.29 is 14.3 Å². The number of carbonyl (C=O) groups is 1. The number of hydrogen-bond donors (Lipinski definition) is 1. The molecule has 0 spiro atoms. The quantitative estimate of drug-likeness (QED) is 0.890. The number of ether oxygens (including phenoxy) is 2. The number of amides is 1. The molecule has 0 aliphatic rings. The van der Waals surface area contributed by atoms with Gasteiger partial charge in [0.1, 0.15) is 11.5 Å². The fourth-order valence-electron chi connectivity index (χ4n) is 2.27. The molecule has 1 heterocycles. The van der Waals surface area contributed by atoms with Gasteiger partial charge >= 0.3 is 0 Å². The lowest BCUT2D eigenvalue weighted by Gasteiger charge is -2.16. The average Bonchev–Trinajstić information content (AvgIpc) is 3.02. The average molecular weight is 303 g/mol. The number of hydrogen-bond acceptors (Lipinski definition) is 4. The van der Waals surface area contributed by atoms with E-state index in [1.807, 2.05) is 24.6 Å². The lowest BCUT2D eigenvalue weighted by Crippen LogP contribution is -2.28. The third-order valence-corrected chi connectivity index (χ3v) is 3.45. The number of benzene rings is 1. The van der Waals surface area contributed by atoms with Crippen molar-refractivity contribution in [2.45, 2.75) is 26.4 Å². The molecule has 1 unspecified atom stereocenters. The van der Waals surface area contributed by atoms with E-state index in [2.05, 4.69) is 10.4 Å². The molecule has 1 atom stereocenters. The van der Waals surface area contributed by atoms with Gasteiger partial charge in [0.25, 0.3) is 5.91 Å². The summed E-state index contributed by atoms with van der Waals surface area (Å²) in [7, 11) is 3.11. The van der Waals surface area contributed by atoms with Gasteiger partial charge in [0.15, 0.2) is 0 Å².